The minimum absolute atomic E-state index is 0.0875. The average Bonchev–Trinajstić information content (AvgIpc) is 2.32. The molecule has 1 aliphatic rings. The molecule has 2 amide bonds. The Morgan fingerprint density at radius 3 is 3.00 bits per heavy atom. The van der Waals surface area contributed by atoms with Crippen molar-refractivity contribution >= 4 is 23.3 Å². The molecule has 1 aliphatic heterocycles. The zero-order chi connectivity index (χ0) is 13.1. The van der Waals surface area contributed by atoms with E-state index >= 15 is 0 Å². The molecule has 0 bridgehead atoms. The van der Waals surface area contributed by atoms with Gasteiger partial charge in [-0.15, -0.1) is 0 Å². The summed E-state index contributed by atoms with van der Waals surface area (Å²) in [5.41, 5.74) is 0.0875. The van der Waals surface area contributed by atoms with E-state index in [1.54, 1.807) is 0 Å². The number of amides is 2. The number of benzene rings is 1. The van der Waals surface area contributed by atoms with Crippen LogP contribution in [0.3, 0.4) is 0 Å². The van der Waals surface area contributed by atoms with E-state index < -0.39 is 18.0 Å². The van der Waals surface area contributed by atoms with Gasteiger partial charge >= 0.3 is 6.03 Å². The van der Waals surface area contributed by atoms with Gasteiger partial charge in [-0.05, 0) is 31.0 Å². The van der Waals surface area contributed by atoms with E-state index in [4.69, 9.17) is 11.6 Å². The summed E-state index contributed by atoms with van der Waals surface area (Å²) in [6.07, 6.45) is 0.941. The molecule has 0 unspecified atom stereocenters. The van der Waals surface area contributed by atoms with E-state index in [0.717, 1.165) is 12.5 Å². The summed E-state index contributed by atoms with van der Waals surface area (Å²) in [6.45, 7) is 0.846. The summed E-state index contributed by atoms with van der Waals surface area (Å²) >= 11 is 5.63. The monoisotopic (exact) mass is 272 g/mol. The lowest BCUT2D eigenvalue weighted by molar-refractivity contribution is 0.0883. The van der Waals surface area contributed by atoms with E-state index in [1.807, 2.05) is 0 Å². The lowest BCUT2D eigenvalue weighted by Gasteiger charge is -2.30. The number of aliphatic hydroxyl groups excluding tert-OH is 1. The number of carbonyl (C=O) groups excluding carboxylic acids is 1. The number of hydrogen-bond acceptors (Lipinski definition) is 2. The van der Waals surface area contributed by atoms with Gasteiger partial charge in [0.25, 0.3) is 0 Å². The molecule has 18 heavy (non-hydrogen) atoms. The number of carbonyl (C=O) groups is 1. The van der Waals surface area contributed by atoms with Crippen LogP contribution in [0.25, 0.3) is 0 Å². The largest absolute Gasteiger partial charge is 0.391 e. The van der Waals surface area contributed by atoms with Crippen LogP contribution in [-0.2, 0) is 0 Å². The van der Waals surface area contributed by atoms with Crippen LogP contribution in [0, 0.1) is 5.82 Å². The number of rotatable bonds is 1. The Bertz CT molecular complexity index is 456. The highest BCUT2D eigenvalue weighted by atomic mass is 35.5. The first kappa shape index (κ1) is 13.1. The number of piperidine rings is 1. The first-order valence-corrected chi connectivity index (χ1v) is 6.13. The molecule has 1 saturated heterocycles. The first-order valence-electron chi connectivity index (χ1n) is 5.75. The predicted molar refractivity (Wildman–Crippen MR) is 67.2 cm³/mol. The molecule has 0 spiro atoms. The number of nitrogens with one attached hydrogen (secondary N) is 1. The topological polar surface area (TPSA) is 52.6 Å². The molecular weight excluding hydrogens is 259 g/mol. The maximum atomic E-state index is 13.5. The van der Waals surface area contributed by atoms with E-state index in [2.05, 4.69) is 5.32 Å². The quantitative estimate of drug-likeness (QED) is 0.825. The molecule has 2 rings (SSSR count). The third-order valence-electron chi connectivity index (χ3n) is 2.86. The van der Waals surface area contributed by atoms with E-state index in [9.17, 15) is 14.3 Å². The molecule has 0 aromatic heterocycles. The molecule has 6 heteroatoms. The number of hydrogen-bond donors (Lipinski definition) is 2. The van der Waals surface area contributed by atoms with Gasteiger partial charge in [0.05, 0.1) is 11.8 Å². The second-order valence-electron chi connectivity index (χ2n) is 4.30. The first-order chi connectivity index (χ1) is 8.56. The SMILES string of the molecule is O=C(Nc1ccc(Cl)cc1F)N1CCC[C@H](O)C1. The predicted octanol–water partition coefficient (Wildman–Crippen LogP) is 2.47. The Hall–Kier alpha value is -1.33. The molecule has 1 atom stereocenters. The third kappa shape index (κ3) is 3.11. The van der Waals surface area contributed by atoms with Crippen LogP contribution in [0.2, 0.25) is 5.02 Å². The zero-order valence-corrected chi connectivity index (χ0v) is 10.5. The fourth-order valence-corrected chi connectivity index (χ4v) is 2.08. The molecule has 0 saturated carbocycles. The van der Waals surface area contributed by atoms with Crippen LogP contribution >= 0.6 is 11.6 Å². The Labute approximate surface area is 109 Å². The Morgan fingerprint density at radius 1 is 1.56 bits per heavy atom. The minimum atomic E-state index is -0.576. The van der Waals surface area contributed by atoms with Crippen LogP contribution < -0.4 is 5.32 Å². The van der Waals surface area contributed by atoms with Gasteiger partial charge in [-0.1, -0.05) is 11.6 Å². The lowest BCUT2D eigenvalue weighted by Crippen LogP contribution is -2.44. The number of halogens is 2. The van der Waals surface area contributed by atoms with E-state index in [1.165, 1.54) is 17.0 Å². The number of urea groups is 1. The Kier molecular flexibility index (Phi) is 4.04. The van der Waals surface area contributed by atoms with Gasteiger partial charge in [0.1, 0.15) is 5.82 Å². The maximum absolute atomic E-state index is 13.5. The lowest BCUT2D eigenvalue weighted by atomic mass is 10.1. The summed E-state index contributed by atoms with van der Waals surface area (Å²) in [6, 6.07) is 3.65. The highest BCUT2D eigenvalue weighted by Crippen LogP contribution is 2.20. The van der Waals surface area contributed by atoms with Gasteiger partial charge < -0.3 is 15.3 Å². The van der Waals surface area contributed by atoms with Crippen molar-refractivity contribution in [3.63, 3.8) is 0 Å². The van der Waals surface area contributed by atoms with E-state index in [-0.39, 0.29) is 17.3 Å². The van der Waals surface area contributed by atoms with Crippen molar-refractivity contribution < 1.29 is 14.3 Å². The molecule has 0 radical (unpaired) electrons. The summed E-state index contributed by atoms with van der Waals surface area (Å²) in [7, 11) is 0. The van der Waals surface area contributed by atoms with Crippen molar-refractivity contribution in [2.24, 2.45) is 0 Å². The van der Waals surface area contributed by atoms with E-state index in [0.29, 0.717) is 13.0 Å². The van der Waals surface area contributed by atoms with Crippen molar-refractivity contribution in [2.45, 2.75) is 18.9 Å². The van der Waals surface area contributed by atoms with Gasteiger partial charge in [0, 0.05) is 18.1 Å². The number of anilines is 1. The summed E-state index contributed by atoms with van der Waals surface area (Å²) < 4.78 is 13.5. The Balaban J connectivity index is 2.02. The van der Waals surface area contributed by atoms with Gasteiger partial charge in [0.15, 0.2) is 0 Å². The summed E-state index contributed by atoms with van der Waals surface area (Å²) in [5.74, 6) is -0.576. The van der Waals surface area contributed by atoms with Gasteiger partial charge in [-0.2, -0.15) is 0 Å². The number of β-amino-alcohol motifs (C(OH)–C–C–N with tert-alkyl or cyclic N) is 1. The molecule has 1 heterocycles. The van der Waals surface area contributed by atoms with Crippen molar-refractivity contribution in [2.75, 3.05) is 18.4 Å². The summed E-state index contributed by atoms with van der Waals surface area (Å²) in [5, 5.41) is 12.2. The second-order valence-corrected chi connectivity index (χ2v) is 4.73. The van der Waals surface area contributed by atoms with Gasteiger partial charge in [0.2, 0.25) is 0 Å². The second kappa shape index (κ2) is 5.54. The average molecular weight is 273 g/mol. The van der Waals surface area contributed by atoms with Crippen molar-refractivity contribution in [1.29, 1.82) is 0 Å². The molecule has 1 aromatic rings. The number of likely N-dealkylation sites (tertiary alicyclic amines) is 1. The molecule has 98 valence electrons. The molecular formula is C12H14ClFN2O2. The molecule has 1 aromatic carbocycles. The van der Waals surface area contributed by atoms with Crippen LogP contribution in [0.15, 0.2) is 18.2 Å². The molecule has 2 N–H and O–H groups in total. The zero-order valence-electron chi connectivity index (χ0n) is 9.70. The Morgan fingerprint density at radius 2 is 2.33 bits per heavy atom. The minimum Gasteiger partial charge on any atom is -0.391 e. The molecule has 0 aliphatic carbocycles. The third-order valence-corrected chi connectivity index (χ3v) is 3.09. The van der Waals surface area contributed by atoms with Crippen LogP contribution in [0.4, 0.5) is 14.9 Å². The van der Waals surface area contributed by atoms with Gasteiger partial charge in [-0.3, -0.25) is 0 Å². The fourth-order valence-electron chi connectivity index (χ4n) is 1.92. The highest BCUT2D eigenvalue weighted by molar-refractivity contribution is 6.30. The smallest absolute Gasteiger partial charge is 0.322 e. The van der Waals surface area contributed by atoms with Crippen LogP contribution in [0.1, 0.15) is 12.8 Å². The standard InChI is InChI=1S/C12H14ClFN2O2/c13-8-3-4-11(10(14)6-8)15-12(18)16-5-1-2-9(17)7-16/h3-4,6,9,17H,1-2,5,7H2,(H,15,18)/t9-/m0/s1. The van der Waals surface area contributed by atoms with Crippen LogP contribution in [0.5, 0.6) is 0 Å². The van der Waals surface area contributed by atoms with Crippen molar-refractivity contribution in [3.8, 4) is 0 Å². The van der Waals surface area contributed by atoms with Crippen molar-refractivity contribution in [1.82, 2.24) is 4.90 Å². The van der Waals surface area contributed by atoms with Gasteiger partial charge in [-0.25, -0.2) is 9.18 Å². The highest BCUT2D eigenvalue weighted by Gasteiger charge is 2.22. The normalized spacial score (nSPS) is 19.7. The molecule has 4 nitrogen and oxygen atoms in total. The summed E-state index contributed by atoms with van der Waals surface area (Å²) in [4.78, 5) is 13.3. The van der Waals surface area contributed by atoms with Crippen LogP contribution in [-0.4, -0.2) is 35.2 Å². The molecule has 1 fully saturated rings. The van der Waals surface area contributed by atoms with Crippen molar-refractivity contribution in [3.05, 3.63) is 29.0 Å². The number of aliphatic hydroxyl groups is 1. The number of nitrogens with zero attached hydrogens (tertiary/aromatic N) is 1. The fraction of sp³-hybridized carbons (Fsp3) is 0.417. The maximum Gasteiger partial charge on any atom is 0.322 e.